The SMILES string of the molecule is COc1ccc(C=NNC(=O)CCCC(=O)c2ccc(C)cc2)cc1. The van der Waals surface area contributed by atoms with E-state index in [1.54, 1.807) is 13.3 Å². The third-order valence-electron chi connectivity index (χ3n) is 3.70. The standard InChI is InChI=1S/C20H22N2O3/c1-15-6-10-17(11-7-15)19(23)4-3-5-20(24)22-21-14-16-8-12-18(25-2)13-9-16/h6-14H,3-5H2,1-2H3,(H,22,24). The fraction of sp³-hybridized carbons (Fsp3) is 0.250. The number of Topliss-reactive ketones (excluding diaryl/α,β-unsaturated/α-hetero) is 1. The van der Waals surface area contributed by atoms with Crippen LogP contribution < -0.4 is 10.2 Å². The van der Waals surface area contributed by atoms with E-state index in [4.69, 9.17) is 4.74 Å². The summed E-state index contributed by atoms with van der Waals surface area (Å²) >= 11 is 0. The number of ketones is 1. The lowest BCUT2D eigenvalue weighted by molar-refractivity contribution is -0.121. The highest BCUT2D eigenvalue weighted by Gasteiger charge is 2.07. The van der Waals surface area contributed by atoms with Gasteiger partial charge in [0.15, 0.2) is 5.78 Å². The smallest absolute Gasteiger partial charge is 0.240 e. The van der Waals surface area contributed by atoms with E-state index in [9.17, 15) is 9.59 Å². The maximum atomic E-state index is 12.0. The van der Waals surface area contributed by atoms with Gasteiger partial charge < -0.3 is 4.74 Å². The Hall–Kier alpha value is -2.95. The lowest BCUT2D eigenvalue weighted by Crippen LogP contribution is -2.17. The Morgan fingerprint density at radius 1 is 1.04 bits per heavy atom. The van der Waals surface area contributed by atoms with Gasteiger partial charge in [0.05, 0.1) is 13.3 Å². The van der Waals surface area contributed by atoms with Gasteiger partial charge in [-0.15, -0.1) is 0 Å². The molecule has 2 rings (SSSR count). The molecule has 0 saturated heterocycles. The number of benzene rings is 2. The Balaban J connectivity index is 1.70. The Kier molecular flexibility index (Phi) is 6.89. The molecule has 0 fully saturated rings. The second-order valence-corrected chi connectivity index (χ2v) is 5.71. The molecular weight excluding hydrogens is 316 g/mol. The van der Waals surface area contributed by atoms with E-state index in [1.165, 1.54) is 0 Å². The van der Waals surface area contributed by atoms with E-state index in [-0.39, 0.29) is 18.1 Å². The third-order valence-corrected chi connectivity index (χ3v) is 3.70. The minimum absolute atomic E-state index is 0.0505. The zero-order valence-corrected chi connectivity index (χ0v) is 14.5. The number of nitrogens with one attached hydrogen (secondary N) is 1. The van der Waals surface area contributed by atoms with Crippen LogP contribution in [0.4, 0.5) is 0 Å². The summed E-state index contributed by atoms with van der Waals surface area (Å²) in [6.07, 6.45) is 2.67. The Morgan fingerprint density at radius 2 is 1.72 bits per heavy atom. The van der Waals surface area contributed by atoms with Crippen molar-refractivity contribution < 1.29 is 14.3 Å². The lowest BCUT2D eigenvalue weighted by Gasteiger charge is -2.02. The van der Waals surface area contributed by atoms with Crippen LogP contribution in [-0.4, -0.2) is 25.0 Å². The molecule has 2 aromatic carbocycles. The molecule has 1 amide bonds. The van der Waals surface area contributed by atoms with Crippen molar-refractivity contribution in [3.8, 4) is 5.75 Å². The van der Waals surface area contributed by atoms with Crippen LogP contribution in [0.5, 0.6) is 5.75 Å². The number of carbonyl (C=O) groups excluding carboxylic acids is 2. The largest absolute Gasteiger partial charge is 0.497 e. The molecular formula is C20H22N2O3. The van der Waals surface area contributed by atoms with Crippen molar-refractivity contribution in [2.24, 2.45) is 5.10 Å². The van der Waals surface area contributed by atoms with Gasteiger partial charge in [0, 0.05) is 18.4 Å². The second kappa shape index (κ2) is 9.37. The molecule has 0 aromatic heterocycles. The van der Waals surface area contributed by atoms with Gasteiger partial charge in [-0.05, 0) is 43.2 Å². The summed E-state index contributed by atoms with van der Waals surface area (Å²) in [5, 5.41) is 3.91. The summed E-state index contributed by atoms with van der Waals surface area (Å²) in [4.78, 5) is 23.8. The monoisotopic (exact) mass is 338 g/mol. The number of methoxy groups -OCH3 is 1. The average molecular weight is 338 g/mol. The lowest BCUT2D eigenvalue weighted by atomic mass is 10.0. The Labute approximate surface area is 147 Å². The number of hydrazone groups is 1. The highest BCUT2D eigenvalue weighted by atomic mass is 16.5. The molecule has 0 aliphatic carbocycles. The van der Waals surface area contributed by atoms with Gasteiger partial charge in [0.2, 0.25) is 5.91 Å². The zero-order chi connectivity index (χ0) is 18.1. The van der Waals surface area contributed by atoms with Gasteiger partial charge in [0.1, 0.15) is 5.75 Å². The maximum absolute atomic E-state index is 12.0. The average Bonchev–Trinajstić information content (AvgIpc) is 2.63. The number of nitrogens with zero attached hydrogens (tertiary/aromatic N) is 1. The van der Waals surface area contributed by atoms with E-state index in [0.717, 1.165) is 16.9 Å². The first-order valence-corrected chi connectivity index (χ1v) is 8.14. The molecule has 0 atom stereocenters. The van der Waals surface area contributed by atoms with Crippen LogP contribution in [0, 0.1) is 6.92 Å². The molecule has 25 heavy (non-hydrogen) atoms. The molecule has 0 saturated carbocycles. The Bertz CT molecular complexity index is 735. The van der Waals surface area contributed by atoms with Crippen LogP contribution >= 0.6 is 0 Å². The van der Waals surface area contributed by atoms with Crippen LogP contribution in [0.15, 0.2) is 53.6 Å². The molecule has 0 aliphatic rings. The Morgan fingerprint density at radius 3 is 2.36 bits per heavy atom. The van der Waals surface area contributed by atoms with Crippen LogP contribution in [0.2, 0.25) is 0 Å². The third kappa shape index (κ3) is 6.22. The van der Waals surface area contributed by atoms with Crippen molar-refractivity contribution in [2.45, 2.75) is 26.2 Å². The van der Waals surface area contributed by atoms with Gasteiger partial charge in [-0.1, -0.05) is 29.8 Å². The van der Waals surface area contributed by atoms with Crippen molar-refractivity contribution >= 4 is 17.9 Å². The molecule has 0 aliphatic heterocycles. The van der Waals surface area contributed by atoms with Crippen molar-refractivity contribution in [3.05, 3.63) is 65.2 Å². The summed E-state index contributed by atoms with van der Waals surface area (Å²) in [5.74, 6) is 0.607. The molecule has 130 valence electrons. The first-order valence-electron chi connectivity index (χ1n) is 8.14. The topological polar surface area (TPSA) is 67.8 Å². The number of ether oxygens (including phenoxy) is 1. The molecule has 0 radical (unpaired) electrons. The van der Waals surface area contributed by atoms with E-state index >= 15 is 0 Å². The number of aryl methyl sites for hydroxylation is 1. The van der Waals surface area contributed by atoms with Gasteiger partial charge in [0.25, 0.3) is 0 Å². The zero-order valence-electron chi connectivity index (χ0n) is 14.5. The quantitative estimate of drug-likeness (QED) is 0.455. The van der Waals surface area contributed by atoms with E-state index in [2.05, 4.69) is 10.5 Å². The van der Waals surface area contributed by atoms with E-state index < -0.39 is 0 Å². The predicted octanol–water partition coefficient (Wildman–Crippen LogP) is 3.51. The first kappa shape index (κ1) is 18.4. The summed E-state index contributed by atoms with van der Waals surface area (Å²) in [6.45, 7) is 1.98. The molecule has 0 bridgehead atoms. The number of rotatable bonds is 8. The highest BCUT2D eigenvalue weighted by Crippen LogP contribution is 2.10. The number of hydrogen-bond donors (Lipinski definition) is 1. The van der Waals surface area contributed by atoms with Crippen molar-refractivity contribution in [2.75, 3.05) is 7.11 Å². The van der Waals surface area contributed by atoms with Crippen LogP contribution in [0.25, 0.3) is 0 Å². The van der Waals surface area contributed by atoms with Crippen LogP contribution in [0.1, 0.15) is 40.7 Å². The second-order valence-electron chi connectivity index (χ2n) is 5.71. The van der Waals surface area contributed by atoms with Gasteiger partial charge >= 0.3 is 0 Å². The van der Waals surface area contributed by atoms with Crippen LogP contribution in [-0.2, 0) is 4.79 Å². The first-order chi connectivity index (χ1) is 12.1. The van der Waals surface area contributed by atoms with Gasteiger partial charge in [-0.25, -0.2) is 5.43 Å². The van der Waals surface area contributed by atoms with Crippen LogP contribution in [0.3, 0.4) is 0 Å². The van der Waals surface area contributed by atoms with E-state index in [1.807, 2.05) is 55.5 Å². The number of hydrogen-bond acceptors (Lipinski definition) is 4. The fourth-order valence-electron chi connectivity index (χ4n) is 2.22. The molecule has 2 aromatic rings. The normalized spacial score (nSPS) is 10.6. The number of carbonyl (C=O) groups is 2. The fourth-order valence-corrected chi connectivity index (χ4v) is 2.22. The minimum atomic E-state index is -0.207. The molecule has 5 nitrogen and oxygen atoms in total. The highest BCUT2D eigenvalue weighted by molar-refractivity contribution is 5.96. The summed E-state index contributed by atoms with van der Waals surface area (Å²) < 4.78 is 5.07. The van der Waals surface area contributed by atoms with Crippen molar-refractivity contribution in [1.82, 2.24) is 5.43 Å². The van der Waals surface area contributed by atoms with E-state index in [0.29, 0.717) is 18.4 Å². The molecule has 5 heteroatoms. The minimum Gasteiger partial charge on any atom is -0.497 e. The predicted molar refractivity (Wildman–Crippen MR) is 98.1 cm³/mol. The molecule has 1 N–H and O–H groups in total. The van der Waals surface area contributed by atoms with Gasteiger partial charge in [-0.2, -0.15) is 5.10 Å². The number of amides is 1. The van der Waals surface area contributed by atoms with Crippen molar-refractivity contribution in [1.29, 1.82) is 0 Å². The molecule has 0 unspecified atom stereocenters. The van der Waals surface area contributed by atoms with Crippen molar-refractivity contribution in [3.63, 3.8) is 0 Å². The molecule has 0 heterocycles. The summed E-state index contributed by atoms with van der Waals surface area (Å²) in [6, 6.07) is 14.8. The molecule has 0 spiro atoms. The summed E-state index contributed by atoms with van der Waals surface area (Å²) in [5.41, 5.74) is 5.13. The summed E-state index contributed by atoms with van der Waals surface area (Å²) in [7, 11) is 1.60. The van der Waals surface area contributed by atoms with Gasteiger partial charge in [-0.3, -0.25) is 9.59 Å². The maximum Gasteiger partial charge on any atom is 0.240 e.